The highest BCUT2D eigenvalue weighted by Crippen LogP contribution is 2.39. The van der Waals surface area contributed by atoms with Crippen LogP contribution in [-0.4, -0.2) is 206 Å². The van der Waals surface area contributed by atoms with Crippen LogP contribution >= 0.6 is 45.3 Å². The van der Waals surface area contributed by atoms with Gasteiger partial charge in [0, 0.05) is 70.9 Å². The lowest BCUT2D eigenvalue weighted by molar-refractivity contribution is -0.140. The van der Waals surface area contributed by atoms with E-state index in [4.69, 9.17) is 18.9 Å². The molecule has 16 rings (SSSR count). The number of ether oxygens (including phenoxy) is 4. The van der Waals surface area contributed by atoms with Crippen LogP contribution in [0.1, 0.15) is 188 Å². The van der Waals surface area contributed by atoms with Crippen molar-refractivity contribution >= 4 is 115 Å². The smallest absolute Gasteiger partial charge is 0.333 e. The zero-order valence-electron chi connectivity index (χ0n) is 85.2. The number of likely N-dealkylation sites (N-methyl/N-ethyl adjacent to an activating group) is 1. The number of aromatic nitrogens is 20. The number of hydrogen-bond acceptors (Lipinski definition) is 33. The van der Waals surface area contributed by atoms with Crippen molar-refractivity contribution in [1.29, 1.82) is 0 Å². The number of para-hydroxylation sites is 4. The number of aliphatic hydroxyl groups is 3. The Morgan fingerprint density at radius 1 is 0.374 bits per heavy atom. The molecule has 0 radical (unpaired) electrons. The molecule has 5 N–H and O–H groups in total. The maximum absolute atomic E-state index is 13.9. The maximum Gasteiger partial charge on any atom is 0.333 e. The molecule has 0 aliphatic heterocycles. The molecule has 7 atom stereocenters. The number of amides is 1. The Labute approximate surface area is 856 Å². The third-order valence-corrected chi connectivity index (χ3v) is 29.8. The van der Waals surface area contributed by atoms with Crippen molar-refractivity contribution in [1.82, 2.24) is 107 Å². The van der Waals surface area contributed by atoms with Crippen LogP contribution in [0.3, 0.4) is 0 Å². The van der Waals surface area contributed by atoms with Crippen molar-refractivity contribution < 1.29 is 63.3 Å². The number of nitrogens with zero attached hydrogens (tertiary/aromatic N) is 21. The van der Waals surface area contributed by atoms with E-state index in [1.807, 2.05) is 48.6 Å². The lowest BCUT2D eigenvalue weighted by atomic mass is 10.0. The SMILES string of the molecule is CNC(C)C.COc1ccccc1C(=O)Cn1c(=O)n(C(C)C(=O)O)c(=O)c2c(C)c(-n3nccn3)sc21.COc1ccccc1[C@@H](O)Cn1c(=O)n(C(C)C(=O)N(C)C(C)C)c(=O)c2c(C)c(-n3nccn3)sc21.COc1ccccc1[C@@H](O)Cn1c(=O)n([C@@H](C)C(=O)CC(C)C)c(=O)c2c(C)c(-n3nccn3)sc21.COc1ccccc1[C@@H](O)Cn1c(=O)n([C@H](C)C(=O)CC(C)C)c(=O)c2c(C)c(-n3nccn3)sc21. The van der Waals surface area contributed by atoms with E-state index in [1.54, 1.807) is 146 Å². The number of thiophene rings is 4. The van der Waals surface area contributed by atoms with Gasteiger partial charge in [-0.2, -0.15) is 40.8 Å². The van der Waals surface area contributed by atoms with Crippen LogP contribution in [0.25, 0.3) is 60.9 Å². The molecule has 0 aliphatic rings. The number of ketones is 3. The first-order valence-electron chi connectivity index (χ1n) is 46.8. The van der Waals surface area contributed by atoms with Crippen LogP contribution in [0.2, 0.25) is 0 Å². The average Bonchev–Trinajstić information content (AvgIpc) is 1.61. The molecular formula is C100H118N22O21S4. The third-order valence-electron chi connectivity index (χ3n) is 24.7. The minimum absolute atomic E-state index is 0.0781. The van der Waals surface area contributed by atoms with Gasteiger partial charge in [-0.3, -0.25) is 56.6 Å². The summed E-state index contributed by atoms with van der Waals surface area (Å²) in [6.07, 6.45) is 9.18. The zero-order valence-corrected chi connectivity index (χ0v) is 88.5. The fraction of sp³-hybridized carbons (Fsp3) is 0.390. The van der Waals surface area contributed by atoms with Gasteiger partial charge in [0.05, 0.1) is 143 Å². The van der Waals surface area contributed by atoms with Gasteiger partial charge in [-0.05, 0) is 118 Å². The lowest BCUT2D eigenvalue weighted by Gasteiger charge is -2.26. The molecule has 0 saturated heterocycles. The number of aliphatic carboxylic acids is 1. The third kappa shape index (κ3) is 23.1. The van der Waals surface area contributed by atoms with Crippen LogP contribution in [0.15, 0.2) is 185 Å². The number of hydrogen-bond donors (Lipinski definition) is 5. The molecule has 778 valence electrons. The minimum atomic E-state index is -1.44. The van der Waals surface area contributed by atoms with Gasteiger partial charge in [-0.25, -0.2) is 42.2 Å². The number of carboxylic acid groups (broad SMARTS) is 1. The summed E-state index contributed by atoms with van der Waals surface area (Å²) >= 11 is 4.61. The van der Waals surface area contributed by atoms with E-state index in [0.717, 1.165) is 29.6 Å². The second-order valence-electron chi connectivity index (χ2n) is 35.9. The monoisotopic (exact) mass is 2090 g/mol. The molecule has 12 heterocycles. The summed E-state index contributed by atoms with van der Waals surface area (Å²) in [5.41, 5.74) is -1.34. The van der Waals surface area contributed by atoms with E-state index in [1.165, 1.54) is 164 Å². The van der Waals surface area contributed by atoms with Gasteiger partial charge in [0.1, 0.15) is 92.7 Å². The fourth-order valence-electron chi connectivity index (χ4n) is 16.4. The molecule has 147 heavy (non-hydrogen) atoms. The predicted molar refractivity (Wildman–Crippen MR) is 559 cm³/mol. The van der Waals surface area contributed by atoms with Gasteiger partial charge in [0.2, 0.25) is 5.91 Å². The molecule has 4 aromatic carbocycles. The van der Waals surface area contributed by atoms with Gasteiger partial charge >= 0.3 is 28.7 Å². The van der Waals surface area contributed by atoms with E-state index >= 15 is 0 Å². The van der Waals surface area contributed by atoms with E-state index in [0.29, 0.717) is 118 Å². The standard InChI is InChI=1S/C25H30N6O5S.2C25H29N5O5S.C21H19N5O6S.C4H11N/c1-14(2)28(5)21(33)16(4)30-22(34)20-15(3)23(31-26-11-12-27-31)37-24(20)29(25(30)35)13-18(32)17-9-7-8-10-19(17)36-6;2*1-14(2)12-18(31)16(4)29-22(33)21-15(3)23(30-26-10-11-27-30)36-24(21)28(25(29)34)13-19(32)17-8-6-7-9-20(17)35-5;1-11-16-17(28)25(12(2)20(29)30)21(31)24(19(16)33-18(11)26-22-8-9-23-26)10-14(27)13-6-4-5-7-15(13)32-3;1-4(2)5-3/h7-12,14,16,18,32H,13H2,1-6H3;2*6-11,14,16,19,32H,12-13H2,1-5H3;4-9,12H,10H2,1-3H3,(H,29,30);4-5H,1-3H3/t16?,18-;16-,19+;16-,19-;;/m010../s1. The summed E-state index contributed by atoms with van der Waals surface area (Å²) in [5.74, 6) is -0.646. The fourth-order valence-corrected chi connectivity index (χ4v) is 21.3. The Kier molecular flexibility index (Phi) is 36.1. The molecule has 0 saturated carbocycles. The second kappa shape index (κ2) is 47.9. The molecule has 47 heteroatoms. The maximum atomic E-state index is 13.9. The Morgan fingerprint density at radius 2 is 0.626 bits per heavy atom. The van der Waals surface area contributed by atoms with E-state index in [-0.39, 0.29) is 89.0 Å². The molecule has 0 spiro atoms. The highest BCUT2D eigenvalue weighted by Gasteiger charge is 2.36. The summed E-state index contributed by atoms with van der Waals surface area (Å²) in [6, 6.07) is 23.6. The molecule has 0 fully saturated rings. The first kappa shape index (κ1) is 111. The predicted octanol–water partition coefficient (Wildman–Crippen LogP) is 10.6. The average molecular weight is 2090 g/mol. The first-order valence-corrected chi connectivity index (χ1v) is 50.1. The Morgan fingerprint density at radius 3 is 0.891 bits per heavy atom. The van der Waals surface area contributed by atoms with Crippen molar-refractivity contribution in [3.63, 3.8) is 0 Å². The van der Waals surface area contributed by atoms with E-state index < -0.39 is 106 Å². The number of nitrogens with one attached hydrogen (secondary N) is 1. The summed E-state index contributed by atoms with van der Waals surface area (Å²) < 4.78 is 30.2. The number of rotatable bonds is 34. The van der Waals surface area contributed by atoms with E-state index in [9.17, 15) is 82.8 Å². The molecule has 2 unspecified atom stereocenters. The molecule has 1 amide bonds. The van der Waals surface area contributed by atoms with Gasteiger partial charge in [-0.15, -0.1) is 19.2 Å². The number of carbonyl (C=O) groups is 5. The number of carboxylic acids is 1. The van der Waals surface area contributed by atoms with Crippen molar-refractivity contribution in [3.8, 4) is 43.0 Å². The number of methoxy groups -OCH3 is 4. The lowest BCUT2D eigenvalue weighted by Crippen LogP contribution is -2.47. The molecular weight excluding hydrogens is 1970 g/mol. The molecule has 12 aromatic heterocycles. The van der Waals surface area contributed by atoms with Crippen LogP contribution in [0.5, 0.6) is 23.0 Å². The minimum Gasteiger partial charge on any atom is -0.496 e. The van der Waals surface area contributed by atoms with Gasteiger partial charge in [0.15, 0.2) is 17.3 Å². The number of Topliss-reactive ketones (excluding diaryl/α,β-unsaturated/α-hetero) is 3. The number of benzene rings is 4. The van der Waals surface area contributed by atoms with Crippen LogP contribution in [0, 0.1) is 39.5 Å². The molecule has 16 aromatic rings. The Hall–Kier alpha value is -15.0. The van der Waals surface area contributed by atoms with Crippen molar-refractivity contribution in [2.45, 2.75) is 204 Å². The van der Waals surface area contributed by atoms with Crippen molar-refractivity contribution in [3.05, 3.63) is 274 Å². The summed E-state index contributed by atoms with van der Waals surface area (Å²) in [7, 11) is 9.52. The molecule has 0 bridgehead atoms. The summed E-state index contributed by atoms with van der Waals surface area (Å²) in [6.45, 7) is 27.5. The Bertz CT molecular complexity index is 7780. The summed E-state index contributed by atoms with van der Waals surface area (Å²) in [4.78, 5) is 181. The van der Waals surface area contributed by atoms with Crippen LogP contribution < -0.4 is 69.3 Å². The van der Waals surface area contributed by atoms with Gasteiger partial charge in [-0.1, -0.05) is 154 Å². The zero-order chi connectivity index (χ0) is 107. The normalized spacial score (nSPS) is 12.9. The summed E-state index contributed by atoms with van der Waals surface area (Å²) in [5, 5.41) is 82.4. The highest BCUT2D eigenvalue weighted by molar-refractivity contribution is 7.22. The first-order chi connectivity index (χ1) is 69.9. The number of carbonyl (C=O) groups excluding carboxylic acids is 4. The number of fused-ring (bicyclic) bond motifs is 4. The van der Waals surface area contributed by atoms with E-state index in [2.05, 4.69) is 60.0 Å². The quantitative estimate of drug-likeness (QED) is 0.0234. The van der Waals surface area contributed by atoms with Crippen LogP contribution in [-0.2, 0) is 45.4 Å². The number of aliphatic hydroxyl groups excluding tert-OH is 3. The number of aryl methyl sites for hydroxylation is 4. The molecule has 0 aliphatic carbocycles. The topological polar surface area (TPSA) is 517 Å². The van der Waals surface area contributed by atoms with Crippen molar-refractivity contribution in [2.75, 3.05) is 42.5 Å². The van der Waals surface area contributed by atoms with Crippen molar-refractivity contribution in [2.24, 2.45) is 11.8 Å². The largest absolute Gasteiger partial charge is 0.496 e. The highest BCUT2D eigenvalue weighted by atomic mass is 32.1. The Balaban J connectivity index is 0.000000171. The second-order valence-corrected chi connectivity index (χ2v) is 39.8. The van der Waals surface area contributed by atoms with Gasteiger partial charge in [0.25, 0.3) is 22.2 Å². The van der Waals surface area contributed by atoms with Crippen LogP contribution in [0.4, 0.5) is 0 Å². The molecule has 43 nitrogen and oxygen atoms in total. The van der Waals surface area contributed by atoms with Gasteiger partial charge < -0.3 is 49.6 Å².